The lowest BCUT2D eigenvalue weighted by molar-refractivity contribution is 0.375. The van der Waals surface area contributed by atoms with Gasteiger partial charge >= 0.3 is 7.69 Å². The van der Waals surface area contributed by atoms with E-state index in [1.807, 2.05) is 0 Å². The normalized spacial score (nSPS) is 10.0. The van der Waals surface area contributed by atoms with Crippen LogP contribution in [-0.4, -0.2) is 17.9 Å². The molecule has 0 fully saturated rings. The van der Waals surface area contributed by atoms with E-state index in [1.54, 1.807) is 0 Å². The number of phenols is 2. The van der Waals surface area contributed by atoms with E-state index in [0.717, 1.165) is 12.1 Å². The average Bonchev–Trinajstić information content (AvgIpc) is 2.39. The zero-order valence-electron chi connectivity index (χ0n) is 9.64. The van der Waals surface area contributed by atoms with E-state index < -0.39 is 30.8 Å². The molecule has 7 heteroatoms. The summed E-state index contributed by atoms with van der Waals surface area (Å²) in [5.41, 5.74) is 0. The molecule has 0 aromatic heterocycles. The highest BCUT2D eigenvalue weighted by molar-refractivity contribution is 6.21. The quantitative estimate of drug-likeness (QED) is 0.832. The second kappa shape index (κ2) is 5.47. The fourth-order valence-corrected chi connectivity index (χ4v) is 1.38. The SMILES string of the molecule is Oc1c(F)cccc1OBOc1cccc(F)c1O. The summed E-state index contributed by atoms with van der Waals surface area (Å²) in [6, 6.07) is 7.53. The largest absolute Gasteiger partial charge is 0.576 e. The molecule has 19 heavy (non-hydrogen) atoms. The Morgan fingerprint density at radius 3 is 1.63 bits per heavy atom. The molecule has 98 valence electrons. The summed E-state index contributed by atoms with van der Waals surface area (Å²) in [5, 5.41) is 18.7. The molecular formula is C12H9BF2O4. The Morgan fingerprint density at radius 1 is 0.789 bits per heavy atom. The summed E-state index contributed by atoms with van der Waals surface area (Å²) in [6.07, 6.45) is 0. The zero-order valence-corrected chi connectivity index (χ0v) is 9.64. The standard InChI is InChI=1S/C12H9BF2O4/c14-7-3-1-5-9(11(7)16)18-13-19-10-6-2-4-8(15)12(10)17/h1-6,13,16-17H. The van der Waals surface area contributed by atoms with Gasteiger partial charge in [-0.25, -0.2) is 8.78 Å². The summed E-state index contributed by atoms with van der Waals surface area (Å²) >= 11 is 0. The van der Waals surface area contributed by atoms with Crippen LogP contribution in [0.15, 0.2) is 36.4 Å². The molecule has 0 saturated heterocycles. The first-order valence-corrected chi connectivity index (χ1v) is 5.30. The summed E-state index contributed by atoms with van der Waals surface area (Å²) in [6.45, 7) is 0. The van der Waals surface area contributed by atoms with Crippen LogP contribution in [0.4, 0.5) is 8.78 Å². The van der Waals surface area contributed by atoms with Crippen LogP contribution in [0.5, 0.6) is 23.0 Å². The fraction of sp³-hybridized carbons (Fsp3) is 0. The maximum atomic E-state index is 13.0. The maximum Gasteiger partial charge on any atom is 0.576 e. The molecule has 0 aliphatic rings. The smallest absolute Gasteiger partial charge is 0.526 e. The van der Waals surface area contributed by atoms with E-state index in [9.17, 15) is 19.0 Å². The first kappa shape index (κ1) is 13.0. The fourth-order valence-electron chi connectivity index (χ4n) is 1.38. The Balaban J connectivity index is 2.00. The van der Waals surface area contributed by atoms with Crippen molar-refractivity contribution in [3.63, 3.8) is 0 Å². The van der Waals surface area contributed by atoms with Gasteiger partial charge in [0.05, 0.1) is 0 Å². The number of para-hydroxylation sites is 2. The van der Waals surface area contributed by atoms with Crippen molar-refractivity contribution in [2.45, 2.75) is 0 Å². The second-order valence-corrected chi connectivity index (χ2v) is 3.58. The molecule has 0 saturated carbocycles. The van der Waals surface area contributed by atoms with Crippen molar-refractivity contribution in [1.29, 1.82) is 0 Å². The molecule has 0 aliphatic carbocycles. The van der Waals surface area contributed by atoms with Gasteiger partial charge in [0.2, 0.25) is 0 Å². The predicted molar refractivity (Wildman–Crippen MR) is 64.5 cm³/mol. The highest BCUT2D eigenvalue weighted by Gasteiger charge is 2.11. The minimum absolute atomic E-state index is 0.115. The van der Waals surface area contributed by atoms with E-state index in [2.05, 4.69) is 0 Å². The monoisotopic (exact) mass is 266 g/mol. The first-order chi connectivity index (χ1) is 9.09. The number of benzene rings is 2. The van der Waals surface area contributed by atoms with Gasteiger partial charge in [-0.3, -0.25) is 0 Å². The van der Waals surface area contributed by atoms with Crippen LogP contribution < -0.4 is 9.31 Å². The number of aromatic hydroxyl groups is 2. The number of halogens is 2. The molecule has 0 bridgehead atoms. The van der Waals surface area contributed by atoms with Gasteiger partial charge in [0, 0.05) is 0 Å². The second-order valence-electron chi connectivity index (χ2n) is 3.58. The molecular weight excluding hydrogens is 257 g/mol. The van der Waals surface area contributed by atoms with Gasteiger partial charge in [-0.2, -0.15) is 0 Å². The van der Waals surface area contributed by atoms with Crippen LogP contribution in [0.25, 0.3) is 0 Å². The molecule has 2 aromatic carbocycles. The summed E-state index contributed by atoms with van der Waals surface area (Å²) in [7, 11) is -0.423. The minimum Gasteiger partial charge on any atom is -0.526 e. The summed E-state index contributed by atoms with van der Waals surface area (Å²) in [4.78, 5) is 0. The van der Waals surface area contributed by atoms with Gasteiger partial charge in [0.25, 0.3) is 0 Å². The number of hydrogen-bond acceptors (Lipinski definition) is 4. The molecule has 2 N–H and O–H groups in total. The number of phenolic OH excluding ortho intramolecular Hbond substituents is 2. The van der Waals surface area contributed by atoms with E-state index in [0.29, 0.717) is 0 Å². The molecule has 0 aliphatic heterocycles. The molecule has 0 amide bonds. The number of hydrogen-bond donors (Lipinski definition) is 2. The molecule has 2 aromatic rings. The van der Waals surface area contributed by atoms with Crippen molar-refractivity contribution >= 4 is 7.69 Å². The summed E-state index contributed by atoms with van der Waals surface area (Å²) in [5.74, 6) is -3.17. The van der Waals surface area contributed by atoms with Gasteiger partial charge in [0.15, 0.2) is 23.1 Å². The molecule has 0 atom stereocenters. The molecule has 0 heterocycles. The molecule has 0 radical (unpaired) electrons. The highest BCUT2D eigenvalue weighted by atomic mass is 19.1. The van der Waals surface area contributed by atoms with E-state index in [1.165, 1.54) is 24.3 Å². The lowest BCUT2D eigenvalue weighted by Crippen LogP contribution is -2.11. The van der Waals surface area contributed by atoms with Crippen molar-refractivity contribution in [2.75, 3.05) is 0 Å². The summed E-state index contributed by atoms with van der Waals surface area (Å²) < 4.78 is 35.9. The van der Waals surface area contributed by atoms with Crippen LogP contribution in [0.3, 0.4) is 0 Å². The van der Waals surface area contributed by atoms with Crippen LogP contribution in [0.2, 0.25) is 0 Å². The van der Waals surface area contributed by atoms with Crippen molar-refractivity contribution < 1.29 is 28.3 Å². The van der Waals surface area contributed by atoms with Gasteiger partial charge in [0.1, 0.15) is 11.5 Å². The van der Waals surface area contributed by atoms with Crippen LogP contribution in [-0.2, 0) is 0 Å². The lowest BCUT2D eigenvalue weighted by Gasteiger charge is -2.10. The Kier molecular flexibility index (Phi) is 3.75. The third-order valence-corrected chi connectivity index (χ3v) is 2.33. The third kappa shape index (κ3) is 2.87. The molecule has 4 nitrogen and oxygen atoms in total. The molecule has 0 unspecified atom stereocenters. The Labute approximate surface area is 108 Å². The Bertz CT molecular complexity index is 540. The molecule has 0 spiro atoms. The maximum absolute atomic E-state index is 13.0. The minimum atomic E-state index is -0.828. The first-order valence-electron chi connectivity index (χ1n) is 5.30. The Morgan fingerprint density at radius 2 is 1.21 bits per heavy atom. The van der Waals surface area contributed by atoms with Gasteiger partial charge in [-0.05, 0) is 24.3 Å². The van der Waals surface area contributed by atoms with Crippen LogP contribution in [0.1, 0.15) is 0 Å². The lowest BCUT2D eigenvalue weighted by atomic mass is 10.2. The van der Waals surface area contributed by atoms with E-state index in [4.69, 9.17) is 9.31 Å². The van der Waals surface area contributed by atoms with Crippen LogP contribution in [0, 0.1) is 11.6 Å². The topological polar surface area (TPSA) is 58.9 Å². The van der Waals surface area contributed by atoms with Crippen LogP contribution >= 0.6 is 0 Å². The highest BCUT2D eigenvalue weighted by Crippen LogP contribution is 2.30. The van der Waals surface area contributed by atoms with Crippen molar-refractivity contribution in [3.8, 4) is 23.0 Å². The molecule has 2 rings (SSSR count). The van der Waals surface area contributed by atoms with Gasteiger partial charge in [-0.15, -0.1) is 0 Å². The van der Waals surface area contributed by atoms with Crippen molar-refractivity contribution in [1.82, 2.24) is 0 Å². The average molecular weight is 266 g/mol. The number of rotatable bonds is 4. The van der Waals surface area contributed by atoms with E-state index in [-0.39, 0.29) is 11.5 Å². The van der Waals surface area contributed by atoms with Gasteiger partial charge in [-0.1, -0.05) is 12.1 Å². The van der Waals surface area contributed by atoms with E-state index >= 15 is 0 Å². The van der Waals surface area contributed by atoms with Crippen molar-refractivity contribution in [2.24, 2.45) is 0 Å². The van der Waals surface area contributed by atoms with Gasteiger partial charge < -0.3 is 19.5 Å². The third-order valence-electron chi connectivity index (χ3n) is 2.33. The van der Waals surface area contributed by atoms with Crippen molar-refractivity contribution in [3.05, 3.63) is 48.0 Å². The zero-order chi connectivity index (χ0) is 13.8. The Hall–Kier alpha value is -2.44. The predicted octanol–water partition coefficient (Wildman–Crippen LogP) is 2.10.